The molecule has 3 N–H and O–H groups in total. The zero-order valence-electron chi connectivity index (χ0n) is 14.9. The summed E-state index contributed by atoms with van der Waals surface area (Å²) in [6.07, 6.45) is 3.25. The minimum absolute atomic E-state index is 0.0560. The third-order valence-corrected chi connectivity index (χ3v) is 5.56. The van der Waals surface area contributed by atoms with Crippen molar-refractivity contribution in [2.24, 2.45) is 0 Å². The first-order chi connectivity index (χ1) is 12.9. The Morgan fingerprint density at radius 1 is 1.33 bits per heavy atom. The van der Waals surface area contributed by atoms with Gasteiger partial charge in [0.15, 0.2) is 11.6 Å². The Morgan fingerprint density at radius 3 is 2.81 bits per heavy atom. The van der Waals surface area contributed by atoms with E-state index in [-0.39, 0.29) is 22.3 Å². The summed E-state index contributed by atoms with van der Waals surface area (Å²) in [7, 11) is 1.52. The summed E-state index contributed by atoms with van der Waals surface area (Å²) in [5, 5.41) is 19.9. The van der Waals surface area contributed by atoms with Crippen molar-refractivity contribution in [3.63, 3.8) is 0 Å². The SMILES string of the molecule is CNn1cc(C(=O)O)c(=O)c2cc(F)c(N3CCN4CCC[C@H]4C3)c(O)c21. The average molecular weight is 376 g/mol. The molecule has 0 saturated carbocycles. The van der Waals surface area contributed by atoms with E-state index >= 15 is 0 Å². The maximum absolute atomic E-state index is 14.9. The molecule has 0 amide bonds. The number of anilines is 1. The zero-order chi connectivity index (χ0) is 19.3. The number of piperazine rings is 1. The van der Waals surface area contributed by atoms with Crippen LogP contribution in [0, 0.1) is 5.82 Å². The van der Waals surface area contributed by atoms with E-state index in [9.17, 15) is 24.2 Å². The van der Waals surface area contributed by atoms with Crippen LogP contribution in [0.25, 0.3) is 10.9 Å². The Labute approximate surface area is 154 Å². The topological polar surface area (TPSA) is 98.0 Å². The van der Waals surface area contributed by atoms with E-state index in [0.29, 0.717) is 19.1 Å². The van der Waals surface area contributed by atoms with Gasteiger partial charge in [-0.25, -0.2) is 9.18 Å². The molecular formula is C18H21FN4O4. The number of hydrogen-bond acceptors (Lipinski definition) is 6. The van der Waals surface area contributed by atoms with Crippen LogP contribution in [0.15, 0.2) is 17.1 Å². The van der Waals surface area contributed by atoms with Crippen molar-refractivity contribution in [1.82, 2.24) is 9.58 Å². The van der Waals surface area contributed by atoms with Crippen LogP contribution >= 0.6 is 0 Å². The van der Waals surface area contributed by atoms with Crippen molar-refractivity contribution in [2.75, 3.05) is 43.6 Å². The minimum Gasteiger partial charge on any atom is -0.504 e. The molecule has 0 radical (unpaired) electrons. The van der Waals surface area contributed by atoms with E-state index in [1.54, 1.807) is 0 Å². The molecule has 8 nitrogen and oxygen atoms in total. The smallest absolute Gasteiger partial charge is 0.341 e. The third-order valence-electron chi connectivity index (χ3n) is 5.56. The summed E-state index contributed by atoms with van der Waals surface area (Å²) < 4.78 is 16.2. The molecule has 0 aliphatic carbocycles. The monoisotopic (exact) mass is 376 g/mol. The Kier molecular flexibility index (Phi) is 4.18. The first-order valence-electron chi connectivity index (χ1n) is 8.93. The maximum atomic E-state index is 14.9. The number of nitrogens with one attached hydrogen (secondary N) is 1. The summed E-state index contributed by atoms with van der Waals surface area (Å²) in [5.74, 6) is -2.50. The number of pyridine rings is 1. The summed E-state index contributed by atoms with van der Waals surface area (Å²) >= 11 is 0. The number of aromatic nitrogens is 1. The lowest BCUT2D eigenvalue weighted by Gasteiger charge is -2.39. The molecule has 144 valence electrons. The standard InChI is InChI=1S/C18H21FN4O4/c1-20-23-9-12(18(26)27)16(24)11-7-13(19)15(17(25)14(11)23)22-6-5-21-4-2-3-10(21)8-22/h7,9-10,20,25H,2-6,8H2,1H3,(H,26,27)/t10-/m0/s1. The van der Waals surface area contributed by atoms with Crippen LogP contribution in [0.4, 0.5) is 10.1 Å². The number of nitrogens with zero attached hydrogens (tertiary/aromatic N) is 3. The fourth-order valence-electron chi connectivity index (χ4n) is 4.25. The van der Waals surface area contributed by atoms with Gasteiger partial charge in [0.25, 0.3) is 0 Å². The van der Waals surface area contributed by atoms with E-state index in [0.717, 1.165) is 38.2 Å². The summed E-state index contributed by atoms with van der Waals surface area (Å²) in [5.41, 5.74) is 1.52. The number of fused-ring (bicyclic) bond motifs is 2. The van der Waals surface area contributed by atoms with Gasteiger partial charge >= 0.3 is 5.97 Å². The van der Waals surface area contributed by atoms with Crippen LogP contribution in [-0.2, 0) is 0 Å². The summed E-state index contributed by atoms with van der Waals surface area (Å²) in [6, 6.07) is 1.35. The fourth-order valence-corrected chi connectivity index (χ4v) is 4.25. The number of carboxylic acids is 1. The lowest BCUT2D eigenvalue weighted by atomic mass is 10.1. The Hall–Kier alpha value is -2.81. The van der Waals surface area contributed by atoms with Crippen molar-refractivity contribution in [3.8, 4) is 5.75 Å². The number of carbonyl (C=O) groups is 1. The number of aromatic hydroxyl groups is 1. The van der Waals surface area contributed by atoms with Crippen LogP contribution < -0.4 is 15.8 Å². The van der Waals surface area contributed by atoms with Crippen LogP contribution in [-0.4, -0.2) is 65.0 Å². The van der Waals surface area contributed by atoms with Crippen molar-refractivity contribution in [2.45, 2.75) is 18.9 Å². The molecule has 9 heteroatoms. The Balaban J connectivity index is 1.89. The number of rotatable bonds is 3. The van der Waals surface area contributed by atoms with Crippen molar-refractivity contribution in [1.29, 1.82) is 0 Å². The molecule has 0 bridgehead atoms. The number of phenols is 1. The third kappa shape index (κ3) is 2.69. The molecule has 2 aliphatic rings. The highest BCUT2D eigenvalue weighted by atomic mass is 19.1. The molecular weight excluding hydrogens is 355 g/mol. The molecule has 0 unspecified atom stereocenters. The van der Waals surface area contributed by atoms with Crippen molar-refractivity contribution in [3.05, 3.63) is 33.9 Å². The van der Waals surface area contributed by atoms with Gasteiger partial charge in [0.1, 0.15) is 16.8 Å². The first kappa shape index (κ1) is 17.6. The van der Waals surface area contributed by atoms with Crippen LogP contribution in [0.2, 0.25) is 0 Å². The van der Waals surface area contributed by atoms with E-state index in [1.165, 1.54) is 11.7 Å². The normalized spacial score (nSPS) is 20.1. The minimum atomic E-state index is -1.41. The molecule has 4 rings (SSSR count). The van der Waals surface area contributed by atoms with Crippen molar-refractivity contribution < 1.29 is 19.4 Å². The van der Waals surface area contributed by atoms with Gasteiger partial charge in [-0.05, 0) is 25.5 Å². The van der Waals surface area contributed by atoms with Crippen LogP contribution in [0.1, 0.15) is 23.2 Å². The van der Waals surface area contributed by atoms with Gasteiger partial charge in [0, 0.05) is 38.9 Å². The number of benzene rings is 1. The molecule has 1 aromatic heterocycles. The molecule has 3 heterocycles. The Bertz CT molecular complexity index is 990. The van der Waals surface area contributed by atoms with Gasteiger partial charge in [-0.1, -0.05) is 0 Å². The highest BCUT2D eigenvalue weighted by Gasteiger charge is 2.33. The lowest BCUT2D eigenvalue weighted by molar-refractivity contribution is 0.0695. The van der Waals surface area contributed by atoms with Gasteiger partial charge < -0.3 is 20.5 Å². The molecule has 2 aromatic rings. The molecule has 0 spiro atoms. The van der Waals surface area contributed by atoms with Crippen LogP contribution in [0.3, 0.4) is 0 Å². The van der Waals surface area contributed by atoms with E-state index in [1.807, 2.05) is 4.90 Å². The molecule has 1 aromatic carbocycles. The van der Waals surface area contributed by atoms with Crippen molar-refractivity contribution >= 4 is 22.6 Å². The molecule has 2 aliphatic heterocycles. The number of halogens is 1. The summed E-state index contributed by atoms with van der Waals surface area (Å²) in [4.78, 5) is 28.0. The lowest BCUT2D eigenvalue weighted by Crippen LogP contribution is -2.50. The number of carboxylic acid groups (broad SMARTS) is 1. The highest BCUT2D eigenvalue weighted by molar-refractivity contribution is 5.96. The van der Waals surface area contributed by atoms with Gasteiger partial charge in [0.2, 0.25) is 5.43 Å². The number of aromatic carboxylic acids is 1. The second-order valence-electron chi connectivity index (χ2n) is 7.00. The molecule has 27 heavy (non-hydrogen) atoms. The Morgan fingerprint density at radius 2 is 2.11 bits per heavy atom. The predicted octanol–water partition coefficient (Wildman–Crippen LogP) is 1.00. The quantitative estimate of drug-likeness (QED) is 0.735. The number of hydrogen-bond donors (Lipinski definition) is 3. The van der Waals surface area contributed by atoms with E-state index in [4.69, 9.17) is 0 Å². The van der Waals surface area contributed by atoms with Gasteiger partial charge in [-0.2, -0.15) is 0 Å². The zero-order valence-corrected chi connectivity index (χ0v) is 14.9. The second kappa shape index (κ2) is 6.41. The number of phenolic OH excluding ortho intramolecular Hbond substituents is 1. The average Bonchev–Trinajstić information content (AvgIpc) is 3.10. The molecule has 2 saturated heterocycles. The maximum Gasteiger partial charge on any atom is 0.341 e. The second-order valence-corrected chi connectivity index (χ2v) is 7.00. The van der Waals surface area contributed by atoms with E-state index < -0.39 is 22.8 Å². The molecule has 2 fully saturated rings. The molecule has 1 atom stereocenters. The van der Waals surface area contributed by atoms with Gasteiger partial charge in [-0.3, -0.25) is 14.4 Å². The fraction of sp³-hybridized carbons (Fsp3) is 0.444. The summed E-state index contributed by atoms with van der Waals surface area (Å²) in [6.45, 7) is 3.01. The van der Waals surface area contributed by atoms with Gasteiger partial charge in [-0.15, -0.1) is 0 Å². The van der Waals surface area contributed by atoms with E-state index in [2.05, 4.69) is 10.3 Å². The van der Waals surface area contributed by atoms with Crippen LogP contribution in [0.5, 0.6) is 5.75 Å². The first-order valence-corrected chi connectivity index (χ1v) is 8.93. The van der Waals surface area contributed by atoms with Gasteiger partial charge in [0.05, 0.1) is 5.39 Å². The highest BCUT2D eigenvalue weighted by Crippen LogP contribution is 2.38. The largest absolute Gasteiger partial charge is 0.504 e. The predicted molar refractivity (Wildman–Crippen MR) is 98.9 cm³/mol.